The zero-order chi connectivity index (χ0) is 14.0. The maximum absolute atomic E-state index is 11.9. The summed E-state index contributed by atoms with van der Waals surface area (Å²) < 4.78 is 0. The standard InChI is InChI=1S/C12H12Cl2N2O3/c13-7-2-3-8(14)16-9(7)10(17)15-6-12(11(18)19)4-1-5-12/h2-3H,1,4-6H2,(H,15,17)(H,18,19). The Morgan fingerprint density at radius 1 is 1.37 bits per heavy atom. The molecule has 0 aliphatic heterocycles. The third-order valence-electron chi connectivity index (χ3n) is 3.38. The van der Waals surface area contributed by atoms with E-state index in [2.05, 4.69) is 10.3 Å². The molecule has 19 heavy (non-hydrogen) atoms. The second-order valence-electron chi connectivity index (χ2n) is 4.59. The molecule has 1 aliphatic carbocycles. The van der Waals surface area contributed by atoms with Gasteiger partial charge < -0.3 is 10.4 Å². The Labute approximate surface area is 119 Å². The number of aliphatic carboxylic acids is 1. The number of halogens is 2. The summed E-state index contributed by atoms with van der Waals surface area (Å²) in [5.41, 5.74) is -0.838. The van der Waals surface area contributed by atoms with E-state index >= 15 is 0 Å². The first-order valence-electron chi connectivity index (χ1n) is 5.78. The fourth-order valence-electron chi connectivity index (χ4n) is 1.98. The third kappa shape index (κ3) is 2.82. The van der Waals surface area contributed by atoms with Gasteiger partial charge in [-0.25, -0.2) is 4.98 Å². The van der Waals surface area contributed by atoms with Crippen LogP contribution < -0.4 is 5.32 Å². The van der Waals surface area contributed by atoms with Gasteiger partial charge in [-0.15, -0.1) is 0 Å². The largest absolute Gasteiger partial charge is 0.481 e. The van der Waals surface area contributed by atoms with Crippen molar-refractivity contribution >= 4 is 35.1 Å². The molecule has 1 aromatic rings. The number of amides is 1. The Kier molecular flexibility index (Phi) is 3.96. The third-order valence-corrected chi connectivity index (χ3v) is 3.89. The van der Waals surface area contributed by atoms with Crippen LogP contribution >= 0.6 is 23.2 Å². The van der Waals surface area contributed by atoms with Crippen LogP contribution in [0, 0.1) is 5.41 Å². The normalized spacial score (nSPS) is 16.5. The maximum atomic E-state index is 11.9. The van der Waals surface area contributed by atoms with Gasteiger partial charge in [-0.2, -0.15) is 0 Å². The molecule has 0 spiro atoms. The molecule has 1 fully saturated rings. The van der Waals surface area contributed by atoms with Gasteiger partial charge in [0.25, 0.3) is 5.91 Å². The topological polar surface area (TPSA) is 79.3 Å². The van der Waals surface area contributed by atoms with E-state index in [0.717, 1.165) is 6.42 Å². The van der Waals surface area contributed by atoms with Crippen LogP contribution in [0.4, 0.5) is 0 Å². The molecule has 0 unspecified atom stereocenters. The van der Waals surface area contributed by atoms with Crippen molar-refractivity contribution in [2.75, 3.05) is 6.54 Å². The SMILES string of the molecule is O=C(NCC1(C(=O)O)CCC1)c1nc(Cl)ccc1Cl. The van der Waals surface area contributed by atoms with Crippen molar-refractivity contribution in [2.45, 2.75) is 19.3 Å². The number of carboxylic acid groups (broad SMARTS) is 1. The predicted molar refractivity (Wildman–Crippen MR) is 70.5 cm³/mol. The molecular weight excluding hydrogens is 291 g/mol. The average molecular weight is 303 g/mol. The molecule has 0 aromatic carbocycles. The van der Waals surface area contributed by atoms with Crippen LogP contribution in [0.5, 0.6) is 0 Å². The zero-order valence-electron chi connectivity index (χ0n) is 9.95. The van der Waals surface area contributed by atoms with E-state index in [9.17, 15) is 9.59 Å². The van der Waals surface area contributed by atoms with E-state index in [0.29, 0.717) is 12.8 Å². The van der Waals surface area contributed by atoms with Crippen molar-refractivity contribution in [2.24, 2.45) is 5.41 Å². The highest BCUT2D eigenvalue weighted by Gasteiger charge is 2.44. The number of nitrogens with zero attached hydrogens (tertiary/aromatic N) is 1. The van der Waals surface area contributed by atoms with E-state index in [1.165, 1.54) is 12.1 Å². The van der Waals surface area contributed by atoms with Crippen LogP contribution in [0.25, 0.3) is 0 Å². The molecule has 0 saturated heterocycles. The van der Waals surface area contributed by atoms with E-state index < -0.39 is 17.3 Å². The van der Waals surface area contributed by atoms with Crippen molar-refractivity contribution < 1.29 is 14.7 Å². The molecule has 1 saturated carbocycles. The lowest BCUT2D eigenvalue weighted by molar-refractivity contribution is -0.153. The molecule has 1 aromatic heterocycles. The molecular formula is C12H12Cl2N2O3. The minimum atomic E-state index is -0.885. The number of carbonyl (C=O) groups is 2. The van der Waals surface area contributed by atoms with Gasteiger partial charge in [0.1, 0.15) is 10.8 Å². The van der Waals surface area contributed by atoms with Crippen LogP contribution in [0.1, 0.15) is 29.8 Å². The Hall–Kier alpha value is -1.33. The first-order valence-corrected chi connectivity index (χ1v) is 6.54. The van der Waals surface area contributed by atoms with Crippen LogP contribution in [0.2, 0.25) is 10.2 Å². The smallest absolute Gasteiger partial charge is 0.311 e. The fourth-order valence-corrected chi connectivity index (χ4v) is 2.32. The molecule has 0 atom stereocenters. The number of rotatable bonds is 4. The van der Waals surface area contributed by atoms with Crippen molar-refractivity contribution in [3.05, 3.63) is 28.0 Å². The van der Waals surface area contributed by atoms with Gasteiger partial charge in [-0.3, -0.25) is 9.59 Å². The maximum Gasteiger partial charge on any atom is 0.311 e. The van der Waals surface area contributed by atoms with Gasteiger partial charge in [-0.1, -0.05) is 29.6 Å². The van der Waals surface area contributed by atoms with Crippen LogP contribution in [-0.4, -0.2) is 28.5 Å². The summed E-state index contributed by atoms with van der Waals surface area (Å²) in [5.74, 6) is -1.40. The summed E-state index contributed by atoms with van der Waals surface area (Å²) in [6, 6.07) is 2.95. The molecule has 2 rings (SSSR count). The van der Waals surface area contributed by atoms with Gasteiger partial charge in [0.15, 0.2) is 0 Å². The zero-order valence-corrected chi connectivity index (χ0v) is 11.5. The number of pyridine rings is 1. The predicted octanol–water partition coefficient (Wildman–Crippen LogP) is 2.37. The Balaban J connectivity index is 2.05. The van der Waals surface area contributed by atoms with E-state index in [1.54, 1.807) is 0 Å². The Morgan fingerprint density at radius 2 is 2.05 bits per heavy atom. The Morgan fingerprint density at radius 3 is 2.58 bits per heavy atom. The van der Waals surface area contributed by atoms with Crippen molar-refractivity contribution in [1.29, 1.82) is 0 Å². The summed E-state index contributed by atoms with van der Waals surface area (Å²) in [6.45, 7) is 0.0751. The minimum absolute atomic E-state index is 0.00836. The van der Waals surface area contributed by atoms with Crippen LogP contribution in [-0.2, 0) is 4.79 Å². The summed E-state index contributed by atoms with van der Waals surface area (Å²) in [6.07, 6.45) is 2.00. The summed E-state index contributed by atoms with van der Waals surface area (Å²) >= 11 is 11.5. The first-order chi connectivity index (χ1) is 8.94. The van der Waals surface area contributed by atoms with Crippen LogP contribution in [0.15, 0.2) is 12.1 Å². The highest BCUT2D eigenvalue weighted by Crippen LogP contribution is 2.40. The lowest BCUT2D eigenvalue weighted by Crippen LogP contribution is -2.47. The van der Waals surface area contributed by atoms with E-state index in [1.807, 2.05) is 0 Å². The lowest BCUT2D eigenvalue weighted by atomic mass is 9.69. The van der Waals surface area contributed by atoms with Gasteiger partial charge in [-0.05, 0) is 25.0 Å². The second kappa shape index (κ2) is 5.35. The van der Waals surface area contributed by atoms with E-state index in [-0.39, 0.29) is 22.4 Å². The van der Waals surface area contributed by atoms with Crippen LogP contribution in [0.3, 0.4) is 0 Å². The van der Waals surface area contributed by atoms with E-state index in [4.69, 9.17) is 28.3 Å². The molecule has 0 radical (unpaired) electrons. The molecule has 7 heteroatoms. The molecule has 1 aliphatic rings. The highest BCUT2D eigenvalue weighted by molar-refractivity contribution is 6.34. The lowest BCUT2D eigenvalue weighted by Gasteiger charge is -2.37. The van der Waals surface area contributed by atoms with Gasteiger partial charge in [0.05, 0.1) is 10.4 Å². The number of aromatic nitrogens is 1. The number of hydrogen-bond donors (Lipinski definition) is 2. The quantitative estimate of drug-likeness (QED) is 0.837. The minimum Gasteiger partial charge on any atom is -0.481 e. The van der Waals surface area contributed by atoms with Gasteiger partial charge in [0.2, 0.25) is 0 Å². The summed E-state index contributed by atoms with van der Waals surface area (Å²) in [5, 5.41) is 12.1. The fraction of sp³-hybridized carbons (Fsp3) is 0.417. The number of carbonyl (C=O) groups excluding carboxylic acids is 1. The molecule has 2 N–H and O–H groups in total. The Bertz CT molecular complexity index is 530. The molecule has 1 heterocycles. The number of carboxylic acids is 1. The molecule has 102 valence electrons. The summed E-state index contributed by atoms with van der Waals surface area (Å²) in [4.78, 5) is 26.9. The molecule has 1 amide bonds. The molecule has 0 bridgehead atoms. The van der Waals surface area contributed by atoms with Crippen molar-refractivity contribution in [3.8, 4) is 0 Å². The highest BCUT2D eigenvalue weighted by atomic mass is 35.5. The first kappa shape index (κ1) is 14.1. The summed E-state index contributed by atoms with van der Waals surface area (Å²) in [7, 11) is 0. The number of nitrogens with one attached hydrogen (secondary N) is 1. The molecule has 5 nitrogen and oxygen atoms in total. The second-order valence-corrected chi connectivity index (χ2v) is 5.38. The number of hydrogen-bond acceptors (Lipinski definition) is 3. The van der Waals surface area contributed by atoms with Gasteiger partial charge >= 0.3 is 5.97 Å². The monoisotopic (exact) mass is 302 g/mol. The van der Waals surface area contributed by atoms with Gasteiger partial charge in [0, 0.05) is 6.54 Å². The van der Waals surface area contributed by atoms with Crippen molar-refractivity contribution in [3.63, 3.8) is 0 Å². The van der Waals surface area contributed by atoms with Crippen molar-refractivity contribution in [1.82, 2.24) is 10.3 Å². The average Bonchev–Trinajstić information content (AvgIpc) is 2.30.